The van der Waals surface area contributed by atoms with Gasteiger partial charge in [0.25, 0.3) is 0 Å². The Morgan fingerprint density at radius 3 is 2.57 bits per heavy atom. The second kappa shape index (κ2) is 6.22. The zero-order valence-electron chi connectivity index (χ0n) is 12.0. The lowest BCUT2D eigenvalue weighted by atomic mass is 10.1. The first kappa shape index (κ1) is 14.6. The molecule has 5 nitrogen and oxygen atoms in total. The van der Waals surface area contributed by atoms with Crippen molar-refractivity contribution in [2.75, 3.05) is 26.2 Å². The molecule has 0 spiro atoms. The molecule has 21 heavy (non-hydrogen) atoms. The first-order chi connectivity index (χ1) is 10.2. The van der Waals surface area contributed by atoms with Gasteiger partial charge in [-0.2, -0.15) is 0 Å². The van der Waals surface area contributed by atoms with Crippen LogP contribution < -0.4 is 5.73 Å². The molecule has 1 aromatic carbocycles. The fraction of sp³-hybridized carbons (Fsp3) is 0.533. The summed E-state index contributed by atoms with van der Waals surface area (Å²) in [5.41, 5.74) is 7.30. The van der Waals surface area contributed by atoms with Gasteiger partial charge in [-0.3, -0.25) is 9.80 Å². The predicted octanol–water partition coefficient (Wildman–Crippen LogP) is 1.71. The first-order valence-electron chi connectivity index (χ1n) is 7.40. The number of halogens is 1. The van der Waals surface area contributed by atoms with Crippen LogP contribution >= 0.6 is 11.6 Å². The highest BCUT2D eigenvalue weighted by atomic mass is 35.5. The van der Waals surface area contributed by atoms with E-state index in [1.54, 1.807) is 6.07 Å². The Labute approximate surface area is 130 Å². The Hall–Kier alpha value is -1.30. The molecule has 0 unspecified atom stereocenters. The van der Waals surface area contributed by atoms with E-state index in [-0.39, 0.29) is 5.84 Å². The van der Waals surface area contributed by atoms with Gasteiger partial charge in [-0.05, 0) is 24.5 Å². The average molecular weight is 309 g/mol. The lowest BCUT2D eigenvalue weighted by Crippen LogP contribution is -2.46. The van der Waals surface area contributed by atoms with Crippen molar-refractivity contribution in [3.05, 3.63) is 34.3 Å². The third kappa shape index (κ3) is 3.48. The minimum absolute atomic E-state index is 0.0847. The SMILES string of the molecule is N/C(=N/O)c1ccc(CN2CCN(C3CC3)CC2)c(Cl)c1. The summed E-state index contributed by atoms with van der Waals surface area (Å²) in [5, 5.41) is 12.4. The number of piperazine rings is 1. The molecule has 1 saturated heterocycles. The Morgan fingerprint density at radius 2 is 2.00 bits per heavy atom. The summed E-state index contributed by atoms with van der Waals surface area (Å²) < 4.78 is 0. The van der Waals surface area contributed by atoms with Gasteiger partial charge in [0.2, 0.25) is 0 Å². The van der Waals surface area contributed by atoms with E-state index in [0.717, 1.165) is 44.3 Å². The summed E-state index contributed by atoms with van der Waals surface area (Å²) >= 11 is 6.31. The zero-order valence-corrected chi connectivity index (χ0v) is 12.8. The summed E-state index contributed by atoms with van der Waals surface area (Å²) in [4.78, 5) is 5.03. The molecule has 6 heteroatoms. The highest BCUT2D eigenvalue weighted by molar-refractivity contribution is 6.31. The van der Waals surface area contributed by atoms with Gasteiger partial charge in [-0.25, -0.2) is 0 Å². The number of nitrogens with two attached hydrogens (primary N) is 1. The van der Waals surface area contributed by atoms with Crippen LogP contribution in [0.4, 0.5) is 0 Å². The summed E-state index contributed by atoms with van der Waals surface area (Å²) in [6.07, 6.45) is 2.75. The van der Waals surface area contributed by atoms with Crippen molar-refractivity contribution >= 4 is 17.4 Å². The first-order valence-corrected chi connectivity index (χ1v) is 7.78. The lowest BCUT2D eigenvalue weighted by molar-refractivity contribution is 0.121. The maximum absolute atomic E-state index is 8.69. The number of hydrogen-bond donors (Lipinski definition) is 2. The molecule has 1 aliphatic heterocycles. The summed E-state index contributed by atoms with van der Waals surface area (Å²) in [6.45, 7) is 5.35. The smallest absolute Gasteiger partial charge is 0.170 e. The number of oxime groups is 1. The third-order valence-corrected chi connectivity index (χ3v) is 4.67. The second-order valence-electron chi connectivity index (χ2n) is 5.83. The molecule has 0 aromatic heterocycles. The highest BCUT2D eigenvalue weighted by Crippen LogP contribution is 2.28. The summed E-state index contributed by atoms with van der Waals surface area (Å²) in [7, 11) is 0. The molecule has 3 rings (SSSR count). The minimum atomic E-state index is 0.0847. The van der Waals surface area contributed by atoms with E-state index in [1.807, 2.05) is 12.1 Å². The highest BCUT2D eigenvalue weighted by Gasteiger charge is 2.31. The van der Waals surface area contributed by atoms with Crippen molar-refractivity contribution in [3.63, 3.8) is 0 Å². The van der Waals surface area contributed by atoms with Crippen molar-refractivity contribution in [2.45, 2.75) is 25.4 Å². The van der Waals surface area contributed by atoms with Gasteiger partial charge in [0.15, 0.2) is 5.84 Å². The van der Waals surface area contributed by atoms with Gasteiger partial charge in [-0.1, -0.05) is 28.9 Å². The molecule has 1 aliphatic carbocycles. The van der Waals surface area contributed by atoms with E-state index < -0.39 is 0 Å². The Morgan fingerprint density at radius 1 is 1.29 bits per heavy atom. The molecule has 1 aromatic rings. The monoisotopic (exact) mass is 308 g/mol. The molecule has 114 valence electrons. The number of hydrogen-bond acceptors (Lipinski definition) is 4. The molecule has 2 aliphatic rings. The van der Waals surface area contributed by atoms with Crippen LogP contribution in [0, 0.1) is 0 Å². The van der Waals surface area contributed by atoms with Crippen LogP contribution in [0.15, 0.2) is 23.4 Å². The van der Waals surface area contributed by atoms with Crippen molar-refractivity contribution in [1.29, 1.82) is 0 Å². The van der Waals surface area contributed by atoms with Gasteiger partial charge < -0.3 is 10.9 Å². The van der Waals surface area contributed by atoms with E-state index >= 15 is 0 Å². The van der Waals surface area contributed by atoms with Gasteiger partial charge in [-0.15, -0.1) is 0 Å². The third-order valence-electron chi connectivity index (χ3n) is 4.32. The molecule has 0 radical (unpaired) electrons. The average Bonchev–Trinajstić information content (AvgIpc) is 3.34. The van der Waals surface area contributed by atoms with Crippen LogP contribution in [-0.4, -0.2) is 53.1 Å². The van der Waals surface area contributed by atoms with Gasteiger partial charge in [0.05, 0.1) is 0 Å². The Balaban J connectivity index is 1.60. The molecule has 3 N–H and O–H groups in total. The molecular weight excluding hydrogens is 288 g/mol. The summed E-state index contributed by atoms with van der Waals surface area (Å²) in [6, 6.07) is 6.42. The van der Waals surface area contributed by atoms with Gasteiger partial charge in [0.1, 0.15) is 0 Å². The van der Waals surface area contributed by atoms with Crippen molar-refractivity contribution < 1.29 is 5.21 Å². The predicted molar refractivity (Wildman–Crippen MR) is 83.8 cm³/mol. The largest absolute Gasteiger partial charge is 0.409 e. The molecule has 0 bridgehead atoms. The molecule has 1 heterocycles. The summed E-state index contributed by atoms with van der Waals surface area (Å²) in [5.74, 6) is 0.0847. The minimum Gasteiger partial charge on any atom is -0.409 e. The van der Waals surface area contributed by atoms with Crippen molar-refractivity contribution in [2.24, 2.45) is 10.9 Å². The van der Waals surface area contributed by atoms with Gasteiger partial charge in [0, 0.05) is 49.4 Å². The maximum atomic E-state index is 8.69. The molecule has 1 saturated carbocycles. The quantitative estimate of drug-likeness (QED) is 0.385. The molecular formula is C15H21ClN4O. The fourth-order valence-electron chi connectivity index (χ4n) is 2.86. The normalized spacial score (nSPS) is 21.7. The topological polar surface area (TPSA) is 65.1 Å². The fourth-order valence-corrected chi connectivity index (χ4v) is 3.10. The van der Waals surface area contributed by atoms with Crippen molar-refractivity contribution in [3.8, 4) is 0 Å². The number of benzene rings is 1. The van der Waals surface area contributed by atoms with E-state index in [4.69, 9.17) is 22.5 Å². The molecule has 0 amide bonds. The van der Waals surface area contributed by atoms with Crippen LogP contribution in [0.1, 0.15) is 24.0 Å². The van der Waals surface area contributed by atoms with Crippen LogP contribution in [0.25, 0.3) is 0 Å². The van der Waals surface area contributed by atoms with E-state index in [0.29, 0.717) is 10.6 Å². The molecule has 0 atom stereocenters. The van der Waals surface area contributed by atoms with Gasteiger partial charge >= 0.3 is 0 Å². The number of nitrogens with zero attached hydrogens (tertiary/aromatic N) is 3. The maximum Gasteiger partial charge on any atom is 0.170 e. The van der Waals surface area contributed by atoms with Crippen LogP contribution in [-0.2, 0) is 6.54 Å². The van der Waals surface area contributed by atoms with Crippen molar-refractivity contribution in [1.82, 2.24) is 9.80 Å². The standard InChI is InChI=1S/C15H21ClN4O/c16-14-9-11(15(17)18-21)1-2-12(14)10-19-5-7-20(8-6-19)13-3-4-13/h1-2,9,13,21H,3-8,10H2,(H2,17,18). The van der Waals surface area contributed by atoms with Crippen LogP contribution in [0.2, 0.25) is 5.02 Å². The Kier molecular flexibility index (Phi) is 4.33. The second-order valence-corrected chi connectivity index (χ2v) is 6.24. The lowest BCUT2D eigenvalue weighted by Gasteiger charge is -2.35. The van der Waals surface area contributed by atoms with Crippen LogP contribution in [0.3, 0.4) is 0 Å². The number of rotatable bonds is 4. The molecule has 2 fully saturated rings. The Bertz CT molecular complexity index is 536. The number of amidine groups is 1. The van der Waals surface area contributed by atoms with Crippen LogP contribution in [0.5, 0.6) is 0 Å². The van der Waals surface area contributed by atoms with E-state index in [1.165, 1.54) is 12.8 Å². The zero-order chi connectivity index (χ0) is 14.8. The van der Waals surface area contributed by atoms with E-state index in [9.17, 15) is 0 Å². The van der Waals surface area contributed by atoms with E-state index in [2.05, 4.69) is 15.0 Å².